The van der Waals surface area contributed by atoms with Crippen LogP contribution in [0.4, 0.5) is 11.6 Å². The maximum atomic E-state index is 14.2. The van der Waals surface area contributed by atoms with E-state index in [1.807, 2.05) is 42.6 Å². The number of benzene rings is 1. The number of carbonyl (C=O) groups is 1. The fourth-order valence-corrected chi connectivity index (χ4v) is 9.27. The largest absolute Gasteiger partial charge is 0.477 e. The standard InChI is InChI=1S/C38H45N7O4S/c1-37(2)24-27-10-7-19-39-31-11-6-12-33(40-31)50(47,48)43-36(46)30-23-28(22-26-8-4-3-5-9-26)34(41-35(30)44(37)25-27)45-20-14-32(42-45)49-21-15-29-13-16-38(29)17-18-38/h3-6,8-9,11-12,14,20,23,27,29H,7,10,13,15-19,21-22,24-25H2,1-2H3,(H,39,40)(H,43,46)/t27-,29?/m0/s1. The molecule has 4 bridgehead atoms. The van der Waals surface area contributed by atoms with Crippen LogP contribution in [-0.2, 0) is 16.4 Å². The summed E-state index contributed by atoms with van der Waals surface area (Å²) in [7, 11) is -4.29. The first-order valence-corrected chi connectivity index (χ1v) is 19.4. The summed E-state index contributed by atoms with van der Waals surface area (Å²) in [5, 5.41) is 7.84. The SMILES string of the molecule is CC1(C)C[C@@H]2CCCNc3cccc(n3)S(=O)(=O)NC(=O)c3cc(Cc4ccccc4)c(-n4ccc(OCCC5CCC56CC6)n4)nc3N1C2. The Kier molecular flexibility index (Phi) is 8.32. The molecule has 3 aromatic heterocycles. The molecular formula is C38H45N7O4S. The molecule has 1 amide bonds. The number of fused-ring (bicyclic) bond motifs is 6. The van der Waals surface area contributed by atoms with E-state index in [-0.39, 0.29) is 16.1 Å². The molecule has 12 heteroatoms. The Bertz CT molecular complexity index is 2010. The highest BCUT2D eigenvalue weighted by molar-refractivity contribution is 7.90. The molecule has 8 rings (SSSR count). The Labute approximate surface area is 293 Å². The lowest BCUT2D eigenvalue weighted by Crippen LogP contribution is -2.41. The van der Waals surface area contributed by atoms with Crippen LogP contribution in [0.3, 0.4) is 0 Å². The second-order valence-electron chi connectivity index (χ2n) is 15.2. The van der Waals surface area contributed by atoms with Crippen molar-refractivity contribution in [1.82, 2.24) is 24.5 Å². The van der Waals surface area contributed by atoms with Gasteiger partial charge in [-0.15, -0.1) is 5.10 Å². The van der Waals surface area contributed by atoms with Crippen LogP contribution in [0.2, 0.25) is 0 Å². The molecule has 4 aliphatic rings. The van der Waals surface area contributed by atoms with Crippen molar-refractivity contribution >= 4 is 27.6 Å². The van der Waals surface area contributed by atoms with Crippen molar-refractivity contribution in [2.45, 2.75) is 82.2 Å². The molecular weight excluding hydrogens is 651 g/mol. The molecule has 50 heavy (non-hydrogen) atoms. The lowest BCUT2D eigenvalue weighted by atomic mass is 9.69. The van der Waals surface area contributed by atoms with Crippen molar-refractivity contribution in [1.29, 1.82) is 0 Å². The minimum absolute atomic E-state index is 0.194. The Morgan fingerprint density at radius 2 is 1.82 bits per heavy atom. The molecule has 1 spiro atoms. The summed E-state index contributed by atoms with van der Waals surface area (Å²) in [6, 6.07) is 18.4. The third kappa shape index (κ3) is 6.45. The lowest BCUT2D eigenvalue weighted by molar-refractivity contribution is 0.0981. The van der Waals surface area contributed by atoms with Crippen LogP contribution in [0.25, 0.3) is 5.82 Å². The van der Waals surface area contributed by atoms with Gasteiger partial charge in [0.15, 0.2) is 10.8 Å². The summed E-state index contributed by atoms with van der Waals surface area (Å²) in [6.45, 7) is 6.30. The number of carbonyl (C=O) groups excluding carboxylic acids is 1. The van der Waals surface area contributed by atoms with Crippen LogP contribution in [0, 0.1) is 17.3 Å². The highest BCUT2D eigenvalue weighted by atomic mass is 32.2. The van der Waals surface area contributed by atoms with Crippen molar-refractivity contribution in [3.05, 3.63) is 83.6 Å². The summed E-state index contributed by atoms with van der Waals surface area (Å²) in [4.78, 5) is 25.9. The van der Waals surface area contributed by atoms with Crippen LogP contribution < -0.4 is 19.7 Å². The van der Waals surface area contributed by atoms with Crippen LogP contribution in [0.1, 0.15) is 86.7 Å². The monoisotopic (exact) mass is 695 g/mol. The van der Waals surface area contributed by atoms with Crippen LogP contribution in [0.5, 0.6) is 5.88 Å². The molecule has 2 N–H and O–H groups in total. The maximum Gasteiger partial charge on any atom is 0.281 e. The summed E-state index contributed by atoms with van der Waals surface area (Å²) in [5.74, 6) is 2.37. The van der Waals surface area contributed by atoms with E-state index in [2.05, 4.69) is 33.8 Å². The van der Waals surface area contributed by atoms with Crippen LogP contribution in [-0.4, -0.2) is 59.3 Å². The minimum atomic E-state index is -4.29. The average Bonchev–Trinajstić information content (AvgIpc) is 3.71. The number of rotatable bonds is 7. The van der Waals surface area contributed by atoms with Gasteiger partial charge in [0, 0.05) is 42.9 Å². The van der Waals surface area contributed by atoms with Gasteiger partial charge in [-0.25, -0.2) is 19.4 Å². The first-order chi connectivity index (χ1) is 24.1. The molecule has 11 nitrogen and oxygen atoms in total. The first kappa shape index (κ1) is 32.7. The summed E-state index contributed by atoms with van der Waals surface area (Å²) < 4.78 is 37.4. The van der Waals surface area contributed by atoms with Crippen molar-refractivity contribution in [2.24, 2.45) is 17.3 Å². The van der Waals surface area contributed by atoms with Gasteiger partial charge in [0.25, 0.3) is 15.9 Å². The number of pyridine rings is 2. The minimum Gasteiger partial charge on any atom is -0.477 e. The normalized spacial score (nSPS) is 23.1. The van der Waals surface area contributed by atoms with Gasteiger partial charge in [0.05, 0.1) is 12.2 Å². The van der Waals surface area contributed by atoms with Gasteiger partial charge in [-0.3, -0.25) is 4.79 Å². The van der Waals surface area contributed by atoms with Gasteiger partial charge in [-0.05, 0) is 106 Å². The number of aromatic nitrogens is 4. The van der Waals surface area contributed by atoms with E-state index in [1.54, 1.807) is 22.9 Å². The number of sulfonamides is 1. The fraction of sp³-hybridized carbons (Fsp3) is 0.474. The average molecular weight is 696 g/mol. The number of nitrogens with zero attached hydrogens (tertiary/aromatic N) is 5. The van der Waals surface area contributed by atoms with E-state index in [1.165, 1.54) is 31.7 Å². The van der Waals surface area contributed by atoms with Crippen LogP contribution in [0.15, 0.2) is 71.9 Å². The highest BCUT2D eigenvalue weighted by Gasteiger charge is 2.54. The zero-order chi connectivity index (χ0) is 34.5. The lowest BCUT2D eigenvalue weighted by Gasteiger charge is -2.37. The number of anilines is 2. The molecule has 2 aliphatic carbocycles. The molecule has 3 fully saturated rings. The van der Waals surface area contributed by atoms with Gasteiger partial charge in [-0.2, -0.15) is 8.42 Å². The van der Waals surface area contributed by atoms with E-state index in [9.17, 15) is 13.2 Å². The molecule has 5 heterocycles. The molecule has 2 aliphatic heterocycles. The Hall–Kier alpha value is -4.45. The van der Waals surface area contributed by atoms with Crippen molar-refractivity contribution in [2.75, 3.05) is 29.9 Å². The topological polar surface area (TPSA) is 131 Å². The van der Waals surface area contributed by atoms with E-state index in [0.29, 0.717) is 60.8 Å². The predicted molar refractivity (Wildman–Crippen MR) is 191 cm³/mol. The third-order valence-corrected chi connectivity index (χ3v) is 12.6. The number of hydrogen-bond donors (Lipinski definition) is 2. The molecule has 1 saturated heterocycles. The number of ether oxygens (including phenoxy) is 1. The Balaban J connectivity index is 1.19. The van der Waals surface area contributed by atoms with Gasteiger partial charge in [-0.1, -0.05) is 36.4 Å². The van der Waals surface area contributed by atoms with Gasteiger partial charge >= 0.3 is 0 Å². The number of nitrogens with one attached hydrogen (secondary N) is 2. The van der Waals surface area contributed by atoms with Crippen molar-refractivity contribution in [3.8, 4) is 11.7 Å². The molecule has 1 unspecified atom stereocenters. The maximum absolute atomic E-state index is 14.2. The molecule has 2 saturated carbocycles. The fourth-order valence-electron chi connectivity index (χ4n) is 8.34. The van der Waals surface area contributed by atoms with Crippen molar-refractivity contribution in [3.63, 3.8) is 0 Å². The third-order valence-electron chi connectivity index (χ3n) is 11.3. The van der Waals surface area contributed by atoms with Crippen molar-refractivity contribution < 1.29 is 17.9 Å². The smallest absolute Gasteiger partial charge is 0.281 e. The molecule has 1 aromatic carbocycles. The van der Waals surface area contributed by atoms with E-state index < -0.39 is 15.9 Å². The summed E-state index contributed by atoms with van der Waals surface area (Å²) >= 11 is 0. The quantitative estimate of drug-likeness (QED) is 0.234. The van der Waals surface area contributed by atoms with Crippen LogP contribution >= 0.6 is 0 Å². The van der Waals surface area contributed by atoms with Gasteiger partial charge in [0.1, 0.15) is 11.6 Å². The summed E-state index contributed by atoms with van der Waals surface area (Å²) in [6.07, 6.45) is 11.5. The first-order valence-electron chi connectivity index (χ1n) is 17.9. The zero-order valence-corrected chi connectivity index (χ0v) is 29.6. The van der Waals surface area contributed by atoms with Gasteiger partial charge < -0.3 is 15.0 Å². The summed E-state index contributed by atoms with van der Waals surface area (Å²) in [5.41, 5.74) is 2.23. The number of hydrogen-bond acceptors (Lipinski definition) is 9. The highest BCUT2D eigenvalue weighted by Crippen LogP contribution is 2.65. The molecule has 0 radical (unpaired) electrons. The van der Waals surface area contributed by atoms with E-state index >= 15 is 0 Å². The Morgan fingerprint density at radius 3 is 2.60 bits per heavy atom. The molecule has 262 valence electrons. The van der Waals surface area contributed by atoms with Gasteiger partial charge in [0.2, 0.25) is 5.88 Å². The van der Waals surface area contributed by atoms with E-state index in [4.69, 9.17) is 14.8 Å². The molecule has 2 atom stereocenters. The Morgan fingerprint density at radius 1 is 0.980 bits per heavy atom. The van der Waals surface area contributed by atoms with E-state index in [0.717, 1.165) is 42.7 Å². The zero-order valence-electron chi connectivity index (χ0n) is 28.8. The second kappa shape index (κ2) is 12.7. The number of amides is 1. The second-order valence-corrected chi connectivity index (χ2v) is 16.8. The molecule has 4 aromatic rings. The predicted octanol–water partition coefficient (Wildman–Crippen LogP) is 6.14.